The molecule has 0 aromatic heterocycles. The van der Waals surface area contributed by atoms with E-state index in [0.717, 1.165) is 19.5 Å². The average Bonchev–Trinajstić information content (AvgIpc) is 3.08. The maximum absolute atomic E-state index is 5.52. The molecule has 0 aliphatic heterocycles. The largest absolute Gasteiger partial charge is 0.330 e. The molecule has 0 radical (unpaired) electrons. The van der Waals surface area contributed by atoms with Crippen LogP contribution in [0.2, 0.25) is 0 Å². The third-order valence-corrected chi connectivity index (χ3v) is 10.8. The highest BCUT2D eigenvalue weighted by molar-refractivity contribution is 4.54. The fourth-order valence-corrected chi connectivity index (χ4v) is 7.39. The van der Waals surface area contributed by atoms with Crippen molar-refractivity contribution in [3.05, 3.63) is 0 Å². The Bertz CT molecular complexity index is 462. The highest BCUT2D eigenvalue weighted by Crippen LogP contribution is 2.17. The van der Waals surface area contributed by atoms with Crippen LogP contribution in [0, 0.1) is 0 Å². The lowest BCUT2D eigenvalue weighted by Gasteiger charge is -2.05. The van der Waals surface area contributed by atoms with E-state index in [1.807, 2.05) is 0 Å². The molecule has 0 amide bonds. The van der Waals surface area contributed by atoms with E-state index in [1.165, 1.54) is 263 Å². The third-order valence-electron chi connectivity index (χ3n) is 10.8. The second-order valence-electron chi connectivity index (χ2n) is 15.7. The topological polar surface area (TPSA) is 38.0 Å². The van der Waals surface area contributed by atoms with Gasteiger partial charge in [0.05, 0.1) is 0 Å². The number of hydrogen-bond acceptors (Lipinski definition) is 2. The lowest BCUT2D eigenvalue weighted by molar-refractivity contribution is 0.509. The summed E-state index contributed by atoms with van der Waals surface area (Å²) in [5.74, 6) is 0. The van der Waals surface area contributed by atoms with Gasteiger partial charge in [-0.25, -0.2) is 0 Å². The first-order chi connectivity index (χ1) is 23.4. The Morgan fingerprint density at radius 3 is 0.596 bits per heavy atom. The Morgan fingerprint density at radius 1 is 0.234 bits per heavy atom. The fraction of sp³-hybridized carbons (Fsp3) is 1.00. The van der Waals surface area contributed by atoms with Crippen LogP contribution in [0.25, 0.3) is 0 Å². The van der Waals surface area contributed by atoms with Crippen molar-refractivity contribution in [3.8, 4) is 0 Å². The first-order valence-electron chi connectivity index (χ1n) is 22.8. The molecule has 0 heterocycles. The second kappa shape index (κ2) is 45.9. The van der Waals surface area contributed by atoms with Gasteiger partial charge in [0, 0.05) is 0 Å². The van der Waals surface area contributed by atoms with Crippen LogP contribution in [-0.4, -0.2) is 19.6 Å². The van der Waals surface area contributed by atoms with Crippen molar-refractivity contribution in [3.63, 3.8) is 0 Å². The first kappa shape index (κ1) is 46.9. The highest BCUT2D eigenvalue weighted by Gasteiger charge is 1.98. The van der Waals surface area contributed by atoms with Gasteiger partial charge in [0.25, 0.3) is 0 Å². The van der Waals surface area contributed by atoms with Gasteiger partial charge in [0.15, 0.2) is 0 Å². The molecule has 0 unspecified atom stereocenters. The number of nitrogens with one attached hydrogen (secondary N) is 1. The number of nitrogens with two attached hydrogens (primary N) is 1. The number of hydrogen-bond donors (Lipinski definition) is 2. The lowest BCUT2D eigenvalue weighted by atomic mass is 10.0. The lowest BCUT2D eigenvalue weighted by Crippen LogP contribution is -2.19. The molecular weight excluding hydrogens is 569 g/mol. The SMILES string of the molecule is CCCCCCCCCCCCCCCCCCCCCCCCCCCCCCCCCCCCCCCCCCNCCCN. The van der Waals surface area contributed by atoms with Crippen molar-refractivity contribution >= 4 is 0 Å². The molecule has 3 N–H and O–H groups in total. The molecule has 0 atom stereocenters. The summed E-state index contributed by atoms with van der Waals surface area (Å²) in [5, 5.41) is 3.49. The Morgan fingerprint density at radius 2 is 0.404 bits per heavy atom. The van der Waals surface area contributed by atoms with Gasteiger partial charge in [-0.15, -0.1) is 0 Å². The smallest absolute Gasteiger partial charge is 0.00369 e. The normalized spacial score (nSPS) is 11.6. The summed E-state index contributed by atoms with van der Waals surface area (Å²) in [6.45, 7) is 5.40. The molecule has 0 rings (SSSR count). The molecular formula is C45H94N2. The van der Waals surface area contributed by atoms with Crippen LogP contribution in [0.3, 0.4) is 0 Å². The van der Waals surface area contributed by atoms with Crippen molar-refractivity contribution in [2.24, 2.45) is 5.73 Å². The molecule has 0 fully saturated rings. The fourth-order valence-electron chi connectivity index (χ4n) is 7.39. The molecule has 0 aliphatic carbocycles. The minimum absolute atomic E-state index is 0.812. The van der Waals surface area contributed by atoms with Crippen LogP contribution in [0.15, 0.2) is 0 Å². The molecule has 2 nitrogen and oxygen atoms in total. The molecule has 47 heavy (non-hydrogen) atoms. The zero-order valence-electron chi connectivity index (χ0n) is 33.2. The van der Waals surface area contributed by atoms with Crippen LogP contribution >= 0.6 is 0 Å². The second-order valence-corrected chi connectivity index (χ2v) is 15.7. The van der Waals surface area contributed by atoms with E-state index >= 15 is 0 Å². The molecule has 0 aliphatic rings. The van der Waals surface area contributed by atoms with Gasteiger partial charge in [0.2, 0.25) is 0 Å². The van der Waals surface area contributed by atoms with E-state index in [0.29, 0.717) is 0 Å². The monoisotopic (exact) mass is 663 g/mol. The first-order valence-corrected chi connectivity index (χ1v) is 22.8. The molecule has 0 saturated carbocycles. The van der Waals surface area contributed by atoms with E-state index < -0.39 is 0 Å². The van der Waals surface area contributed by atoms with Gasteiger partial charge in [-0.3, -0.25) is 0 Å². The van der Waals surface area contributed by atoms with E-state index in [2.05, 4.69) is 12.2 Å². The van der Waals surface area contributed by atoms with Crippen LogP contribution in [0.5, 0.6) is 0 Å². The van der Waals surface area contributed by atoms with E-state index in [9.17, 15) is 0 Å². The Kier molecular flexibility index (Phi) is 45.8. The predicted octanol–water partition coefficient (Wildman–Crippen LogP) is 15.5. The molecule has 0 saturated heterocycles. The van der Waals surface area contributed by atoms with Crippen LogP contribution in [0.4, 0.5) is 0 Å². The highest BCUT2D eigenvalue weighted by atomic mass is 14.8. The van der Waals surface area contributed by atoms with Crippen LogP contribution < -0.4 is 11.1 Å². The predicted molar refractivity (Wildman–Crippen MR) is 217 cm³/mol. The minimum atomic E-state index is 0.812. The van der Waals surface area contributed by atoms with Gasteiger partial charge >= 0.3 is 0 Å². The summed E-state index contributed by atoms with van der Waals surface area (Å²) in [7, 11) is 0. The van der Waals surface area contributed by atoms with Gasteiger partial charge in [-0.05, 0) is 32.5 Å². The summed E-state index contributed by atoms with van der Waals surface area (Å²) in [6, 6.07) is 0. The van der Waals surface area contributed by atoms with Crippen molar-refractivity contribution in [1.82, 2.24) is 5.32 Å². The summed E-state index contributed by atoms with van der Waals surface area (Å²) < 4.78 is 0. The van der Waals surface area contributed by atoms with E-state index in [1.54, 1.807) is 0 Å². The van der Waals surface area contributed by atoms with E-state index in [-0.39, 0.29) is 0 Å². The van der Waals surface area contributed by atoms with Crippen LogP contribution in [0.1, 0.15) is 270 Å². The van der Waals surface area contributed by atoms with E-state index in [4.69, 9.17) is 5.73 Å². The Labute approximate surface area is 300 Å². The summed E-state index contributed by atoms with van der Waals surface area (Å²) in [6.07, 6.45) is 60.1. The molecule has 284 valence electrons. The van der Waals surface area contributed by atoms with Crippen LogP contribution in [-0.2, 0) is 0 Å². The Balaban J connectivity index is 3.03. The quantitative estimate of drug-likeness (QED) is 0.0637. The molecule has 0 aromatic carbocycles. The number of rotatable bonds is 44. The molecule has 2 heteroatoms. The third kappa shape index (κ3) is 45.9. The zero-order valence-corrected chi connectivity index (χ0v) is 33.2. The zero-order chi connectivity index (χ0) is 33.8. The van der Waals surface area contributed by atoms with Crippen molar-refractivity contribution in [1.29, 1.82) is 0 Å². The van der Waals surface area contributed by atoms with Crippen molar-refractivity contribution in [2.45, 2.75) is 270 Å². The summed E-state index contributed by atoms with van der Waals surface area (Å²) in [5.41, 5.74) is 5.52. The maximum atomic E-state index is 5.52. The van der Waals surface area contributed by atoms with Crippen molar-refractivity contribution in [2.75, 3.05) is 19.6 Å². The minimum Gasteiger partial charge on any atom is -0.330 e. The van der Waals surface area contributed by atoms with Gasteiger partial charge in [-0.2, -0.15) is 0 Å². The summed E-state index contributed by atoms with van der Waals surface area (Å²) in [4.78, 5) is 0. The standard InChI is InChI=1S/C45H94N2/c1-2-3-4-5-6-7-8-9-10-11-12-13-14-15-16-17-18-19-20-21-22-23-24-25-26-27-28-29-30-31-32-33-34-35-36-37-38-39-40-41-44-47-45-42-43-46/h47H,2-46H2,1H3. The van der Waals surface area contributed by atoms with Crippen molar-refractivity contribution < 1.29 is 0 Å². The molecule has 0 bridgehead atoms. The number of unbranched alkanes of at least 4 members (excludes halogenated alkanes) is 39. The Hall–Kier alpha value is -0.0800. The van der Waals surface area contributed by atoms with Gasteiger partial charge < -0.3 is 11.1 Å². The summed E-state index contributed by atoms with van der Waals surface area (Å²) >= 11 is 0. The molecule has 0 aromatic rings. The molecule has 0 spiro atoms. The van der Waals surface area contributed by atoms with Gasteiger partial charge in [-0.1, -0.05) is 257 Å². The average molecular weight is 663 g/mol. The van der Waals surface area contributed by atoms with Gasteiger partial charge in [0.1, 0.15) is 0 Å². The maximum Gasteiger partial charge on any atom is -0.00369 e.